The van der Waals surface area contributed by atoms with Gasteiger partial charge in [-0.25, -0.2) is 0 Å². The fraction of sp³-hybridized carbons (Fsp3) is 0.800. The molecule has 9 heteroatoms. The van der Waals surface area contributed by atoms with E-state index in [1.165, 1.54) is 25.6 Å². The van der Waals surface area contributed by atoms with Crippen LogP contribution in [0.3, 0.4) is 0 Å². The van der Waals surface area contributed by atoms with Crippen molar-refractivity contribution in [3.8, 4) is 0 Å². The van der Waals surface area contributed by atoms with Crippen LogP contribution in [0.4, 0.5) is 0 Å². The first-order valence-electron chi connectivity index (χ1n) is 7.73. The van der Waals surface area contributed by atoms with Crippen molar-refractivity contribution >= 4 is 29.6 Å². The molecule has 0 aliphatic heterocycles. The lowest BCUT2D eigenvalue weighted by Crippen LogP contribution is -2.48. The normalized spacial score (nSPS) is 14.4. The Kier molecular flexibility index (Phi) is 12.3. The van der Waals surface area contributed by atoms with Gasteiger partial charge in [-0.05, 0) is 6.42 Å². The third-order valence-corrected chi connectivity index (χ3v) is 4.15. The summed E-state index contributed by atoms with van der Waals surface area (Å²) in [6.07, 6.45) is 0.180. The SMILES string of the molecule is CCC(COC)NC(=O)[C@@H](N)CSC[C@@H](COC(C)=O)OC(C)=O. The van der Waals surface area contributed by atoms with Crippen LogP contribution in [0.15, 0.2) is 0 Å². The highest BCUT2D eigenvalue weighted by Gasteiger charge is 2.19. The van der Waals surface area contributed by atoms with Crippen LogP contribution in [-0.4, -0.2) is 67.9 Å². The van der Waals surface area contributed by atoms with Crippen LogP contribution in [0.1, 0.15) is 27.2 Å². The lowest BCUT2D eigenvalue weighted by molar-refractivity contribution is -0.154. The van der Waals surface area contributed by atoms with Crippen molar-refractivity contribution in [2.24, 2.45) is 5.73 Å². The zero-order valence-corrected chi connectivity index (χ0v) is 15.5. The number of hydrogen-bond acceptors (Lipinski definition) is 8. The number of thioether (sulfide) groups is 1. The fourth-order valence-electron chi connectivity index (χ4n) is 1.73. The van der Waals surface area contributed by atoms with Gasteiger partial charge in [-0.15, -0.1) is 0 Å². The molecule has 0 aliphatic rings. The van der Waals surface area contributed by atoms with Crippen LogP contribution >= 0.6 is 11.8 Å². The first-order chi connectivity index (χ1) is 11.3. The standard InChI is InChI=1S/C15H28N2O6S/c1-5-12(6-21-4)17-15(20)14(16)9-24-8-13(23-11(3)19)7-22-10(2)18/h12-14H,5-9,16H2,1-4H3,(H,17,20)/t12?,13-,14+/m1/s1. The summed E-state index contributed by atoms with van der Waals surface area (Å²) in [6, 6.07) is -0.760. The van der Waals surface area contributed by atoms with Gasteiger partial charge < -0.3 is 25.3 Å². The van der Waals surface area contributed by atoms with Crippen LogP contribution in [0, 0.1) is 0 Å². The van der Waals surface area contributed by atoms with Crippen molar-refractivity contribution in [2.45, 2.75) is 45.4 Å². The van der Waals surface area contributed by atoms with E-state index in [4.69, 9.17) is 19.9 Å². The Labute approximate surface area is 147 Å². The summed E-state index contributed by atoms with van der Waals surface area (Å²) < 4.78 is 14.9. The van der Waals surface area contributed by atoms with Crippen LogP contribution < -0.4 is 11.1 Å². The highest BCUT2D eigenvalue weighted by atomic mass is 32.2. The van der Waals surface area contributed by atoms with Crippen LogP contribution in [0.2, 0.25) is 0 Å². The van der Waals surface area contributed by atoms with E-state index >= 15 is 0 Å². The molecule has 8 nitrogen and oxygen atoms in total. The van der Waals surface area contributed by atoms with Gasteiger partial charge in [-0.2, -0.15) is 11.8 Å². The first kappa shape index (κ1) is 22.7. The van der Waals surface area contributed by atoms with Crippen LogP contribution in [-0.2, 0) is 28.6 Å². The van der Waals surface area contributed by atoms with E-state index in [1.54, 1.807) is 7.11 Å². The second-order valence-corrected chi connectivity index (χ2v) is 6.32. The number of nitrogens with one attached hydrogen (secondary N) is 1. The van der Waals surface area contributed by atoms with Gasteiger partial charge in [-0.1, -0.05) is 6.92 Å². The Morgan fingerprint density at radius 3 is 2.29 bits per heavy atom. The largest absolute Gasteiger partial charge is 0.462 e. The molecule has 1 amide bonds. The maximum absolute atomic E-state index is 12.0. The minimum absolute atomic E-state index is 0.0188. The number of amides is 1. The Balaban J connectivity index is 4.24. The molecule has 0 saturated heterocycles. The zero-order valence-electron chi connectivity index (χ0n) is 14.7. The molecule has 0 saturated carbocycles. The highest BCUT2D eigenvalue weighted by molar-refractivity contribution is 7.99. The van der Waals surface area contributed by atoms with Gasteiger partial charge in [-0.3, -0.25) is 14.4 Å². The number of ether oxygens (including phenoxy) is 3. The summed E-state index contributed by atoms with van der Waals surface area (Å²) in [5.41, 5.74) is 5.86. The number of methoxy groups -OCH3 is 1. The van der Waals surface area contributed by atoms with Gasteiger partial charge in [0.2, 0.25) is 5.91 Å². The zero-order chi connectivity index (χ0) is 18.5. The molecule has 0 fully saturated rings. The predicted octanol–water partition coefficient (Wildman–Crippen LogP) is 0.0829. The molecule has 1 unspecified atom stereocenters. The molecule has 3 atom stereocenters. The van der Waals surface area contributed by atoms with Gasteiger partial charge in [0.05, 0.1) is 18.7 Å². The lowest BCUT2D eigenvalue weighted by atomic mass is 10.2. The number of carbonyl (C=O) groups is 3. The summed E-state index contributed by atoms with van der Waals surface area (Å²) in [6.45, 7) is 4.92. The van der Waals surface area contributed by atoms with E-state index in [1.807, 2.05) is 6.92 Å². The first-order valence-corrected chi connectivity index (χ1v) is 8.88. The Hall–Kier alpha value is -1.32. The lowest BCUT2D eigenvalue weighted by Gasteiger charge is -2.20. The maximum Gasteiger partial charge on any atom is 0.303 e. The number of esters is 2. The van der Waals surface area contributed by atoms with Crippen LogP contribution in [0.5, 0.6) is 0 Å². The molecule has 0 heterocycles. The summed E-state index contributed by atoms with van der Waals surface area (Å²) in [4.78, 5) is 33.9. The van der Waals surface area contributed by atoms with E-state index < -0.39 is 24.1 Å². The van der Waals surface area contributed by atoms with Crippen molar-refractivity contribution in [1.82, 2.24) is 5.32 Å². The highest BCUT2D eigenvalue weighted by Crippen LogP contribution is 2.09. The summed E-state index contributed by atoms with van der Waals surface area (Å²) >= 11 is 1.35. The van der Waals surface area contributed by atoms with Gasteiger partial charge in [0.25, 0.3) is 0 Å². The average molecular weight is 364 g/mol. The summed E-state index contributed by atoms with van der Waals surface area (Å²) in [7, 11) is 1.57. The van der Waals surface area contributed by atoms with Crippen molar-refractivity contribution in [3.05, 3.63) is 0 Å². The molecule has 0 aromatic heterocycles. The second kappa shape index (κ2) is 13.0. The Morgan fingerprint density at radius 2 is 1.79 bits per heavy atom. The third-order valence-electron chi connectivity index (χ3n) is 2.95. The molecule has 0 aromatic rings. The molecule has 24 heavy (non-hydrogen) atoms. The summed E-state index contributed by atoms with van der Waals surface area (Å²) in [5, 5.41) is 2.82. The number of carbonyl (C=O) groups excluding carboxylic acids is 3. The van der Waals surface area contributed by atoms with Gasteiger partial charge in [0.1, 0.15) is 12.7 Å². The quantitative estimate of drug-likeness (QED) is 0.468. The van der Waals surface area contributed by atoms with Crippen molar-refractivity contribution in [1.29, 1.82) is 0 Å². The van der Waals surface area contributed by atoms with Gasteiger partial charge in [0, 0.05) is 32.5 Å². The van der Waals surface area contributed by atoms with E-state index in [0.717, 1.165) is 6.42 Å². The fourth-order valence-corrected chi connectivity index (χ4v) is 2.70. The minimum atomic E-state index is -0.687. The van der Waals surface area contributed by atoms with Gasteiger partial charge in [0.15, 0.2) is 0 Å². The average Bonchev–Trinajstić information content (AvgIpc) is 2.51. The molecule has 0 bridgehead atoms. The maximum atomic E-state index is 12.0. The molecule has 0 spiro atoms. The van der Waals surface area contributed by atoms with Crippen molar-refractivity contribution in [2.75, 3.05) is 31.8 Å². The Morgan fingerprint density at radius 1 is 1.12 bits per heavy atom. The van der Waals surface area contributed by atoms with E-state index in [-0.39, 0.29) is 18.6 Å². The third kappa shape index (κ3) is 11.3. The predicted molar refractivity (Wildman–Crippen MR) is 91.6 cm³/mol. The minimum Gasteiger partial charge on any atom is -0.462 e. The van der Waals surface area contributed by atoms with Crippen molar-refractivity contribution in [3.63, 3.8) is 0 Å². The number of hydrogen-bond donors (Lipinski definition) is 2. The molecule has 0 rings (SSSR count). The van der Waals surface area contributed by atoms with Crippen molar-refractivity contribution < 1.29 is 28.6 Å². The molecule has 0 aliphatic carbocycles. The topological polar surface area (TPSA) is 117 Å². The monoisotopic (exact) mass is 364 g/mol. The molecular formula is C15H28N2O6S. The molecule has 0 aromatic carbocycles. The number of nitrogens with two attached hydrogens (primary N) is 1. The molecule has 3 N–H and O–H groups in total. The number of rotatable bonds is 12. The summed E-state index contributed by atoms with van der Waals surface area (Å²) in [5.74, 6) is -0.427. The smallest absolute Gasteiger partial charge is 0.303 e. The van der Waals surface area contributed by atoms with E-state index in [9.17, 15) is 14.4 Å². The Bertz CT molecular complexity index is 407. The second-order valence-electron chi connectivity index (χ2n) is 5.25. The molecular weight excluding hydrogens is 336 g/mol. The van der Waals surface area contributed by atoms with Crippen LogP contribution in [0.25, 0.3) is 0 Å². The molecule has 0 radical (unpaired) electrons. The van der Waals surface area contributed by atoms with E-state index in [0.29, 0.717) is 18.1 Å². The van der Waals surface area contributed by atoms with E-state index in [2.05, 4.69) is 5.32 Å². The molecule has 140 valence electrons. The van der Waals surface area contributed by atoms with Gasteiger partial charge >= 0.3 is 11.9 Å².